The summed E-state index contributed by atoms with van der Waals surface area (Å²) in [6.07, 6.45) is 0.815. The van der Waals surface area contributed by atoms with E-state index in [1.807, 2.05) is 49.4 Å². The molecule has 0 radical (unpaired) electrons. The van der Waals surface area contributed by atoms with Gasteiger partial charge in [-0.3, -0.25) is 9.59 Å². The SMILES string of the molecule is CCCNC(=O)c1nc(C)ccc1C(=O)Nc1cccc2ccccc12. The molecule has 0 saturated heterocycles. The van der Waals surface area contributed by atoms with Crippen LogP contribution in [-0.4, -0.2) is 23.3 Å². The van der Waals surface area contributed by atoms with Crippen LogP contribution in [0.2, 0.25) is 0 Å². The van der Waals surface area contributed by atoms with Crippen LogP contribution in [0.15, 0.2) is 54.6 Å². The zero-order valence-electron chi connectivity index (χ0n) is 14.9. The minimum Gasteiger partial charge on any atom is -0.351 e. The number of hydrogen-bond donors (Lipinski definition) is 2. The topological polar surface area (TPSA) is 71.1 Å². The monoisotopic (exact) mass is 347 g/mol. The lowest BCUT2D eigenvalue weighted by Crippen LogP contribution is -2.28. The van der Waals surface area contributed by atoms with Crippen LogP contribution in [0.5, 0.6) is 0 Å². The molecule has 2 aromatic carbocycles. The van der Waals surface area contributed by atoms with Gasteiger partial charge in [0.25, 0.3) is 11.8 Å². The van der Waals surface area contributed by atoms with Crippen LogP contribution in [0.3, 0.4) is 0 Å². The minimum atomic E-state index is -0.351. The Kier molecular flexibility index (Phi) is 5.27. The summed E-state index contributed by atoms with van der Waals surface area (Å²) in [7, 11) is 0. The number of hydrogen-bond acceptors (Lipinski definition) is 3. The van der Waals surface area contributed by atoms with Crippen molar-refractivity contribution in [1.82, 2.24) is 10.3 Å². The van der Waals surface area contributed by atoms with Crippen molar-refractivity contribution in [3.63, 3.8) is 0 Å². The summed E-state index contributed by atoms with van der Waals surface area (Å²) in [6, 6.07) is 16.9. The van der Waals surface area contributed by atoms with Gasteiger partial charge in [-0.1, -0.05) is 43.3 Å². The van der Waals surface area contributed by atoms with Gasteiger partial charge >= 0.3 is 0 Å². The van der Waals surface area contributed by atoms with Gasteiger partial charge in [0.15, 0.2) is 0 Å². The van der Waals surface area contributed by atoms with Gasteiger partial charge in [-0.05, 0) is 36.9 Å². The Balaban J connectivity index is 1.93. The Bertz CT molecular complexity index is 961. The molecular formula is C21H21N3O2. The number of carbonyl (C=O) groups is 2. The van der Waals surface area contributed by atoms with E-state index < -0.39 is 0 Å². The maximum absolute atomic E-state index is 12.8. The number of pyridine rings is 1. The molecule has 0 unspecified atom stereocenters. The lowest BCUT2D eigenvalue weighted by molar-refractivity contribution is 0.0935. The number of amides is 2. The summed E-state index contributed by atoms with van der Waals surface area (Å²) in [5, 5.41) is 7.68. The van der Waals surface area contributed by atoms with Crippen molar-refractivity contribution < 1.29 is 9.59 Å². The van der Waals surface area contributed by atoms with Gasteiger partial charge in [0.1, 0.15) is 5.69 Å². The first-order valence-corrected chi connectivity index (χ1v) is 8.65. The third kappa shape index (κ3) is 3.72. The normalized spacial score (nSPS) is 10.5. The molecule has 0 spiro atoms. The van der Waals surface area contributed by atoms with E-state index in [2.05, 4.69) is 15.6 Å². The second kappa shape index (κ2) is 7.78. The van der Waals surface area contributed by atoms with E-state index in [-0.39, 0.29) is 23.1 Å². The largest absolute Gasteiger partial charge is 0.351 e. The van der Waals surface area contributed by atoms with Crippen molar-refractivity contribution in [2.45, 2.75) is 20.3 Å². The number of anilines is 1. The number of nitrogens with one attached hydrogen (secondary N) is 2. The van der Waals surface area contributed by atoms with E-state index in [0.29, 0.717) is 17.9 Å². The van der Waals surface area contributed by atoms with Gasteiger partial charge in [0.2, 0.25) is 0 Å². The van der Waals surface area contributed by atoms with Crippen molar-refractivity contribution in [2.24, 2.45) is 0 Å². The van der Waals surface area contributed by atoms with Gasteiger partial charge < -0.3 is 10.6 Å². The molecule has 1 aromatic heterocycles. The maximum Gasteiger partial charge on any atom is 0.270 e. The highest BCUT2D eigenvalue weighted by atomic mass is 16.2. The van der Waals surface area contributed by atoms with Crippen molar-refractivity contribution in [3.8, 4) is 0 Å². The summed E-state index contributed by atoms with van der Waals surface area (Å²) >= 11 is 0. The Morgan fingerprint density at radius 3 is 2.54 bits per heavy atom. The first kappa shape index (κ1) is 17.6. The van der Waals surface area contributed by atoms with E-state index in [1.54, 1.807) is 19.1 Å². The van der Waals surface area contributed by atoms with Crippen molar-refractivity contribution in [3.05, 3.63) is 71.5 Å². The Morgan fingerprint density at radius 1 is 0.962 bits per heavy atom. The van der Waals surface area contributed by atoms with Crippen LogP contribution in [0, 0.1) is 6.92 Å². The van der Waals surface area contributed by atoms with E-state index >= 15 is 0 Å². The highest BCUT2D eigenvalue weighted by molar-refractivity contribution is 6.13. The second-order valence-corrected chi connectivity index (χ2v) is 6.09. The van der Waals surface area contributed by atoms with E-state index in [9.17, 15) is 9.59 Å². The first-order valence-electron chi connectivity index (χ1n) is 8.65. The van der Waals surface area contributed by atoms with E-state index in [4.69, 9.17) is 0 Å². The summed E-state index contributed by atoms with van der Waals surface area (Å²) < 4.78 is 0. The molecule has 132 valence electrons. The molecule has 0 fully saturated rings. The molecule has 0 saturated carbocycles. The van der Waals surface area contributed by atoms with Gasteiger partial charge in [-0.25, -0.2) is 4.98 Å². The lowest BCUT2D eigenvalue weighted by Gasteiger charge is -2.12. The fraction of sp³-hybridized carbons (Fsp3) is 0.190. The molecular weight excluding hydrogens is 326 g/mol. The summed E-state index contributed by atoms with van der Waals surface area (Å²) in [4.78, 5) is 29.5. The first-order chi connectivity index (χ1) is 12.6. The van der Waals surface area contributed by atoms with Crippen LogP contribution in [0.4, 0.5) is 5.69 Å². The molecule has 1 heterocycles. The summed E-state index contributed by atoms with van der Waals surface area (Å²) in [5.41, 5.74) is 1.80. The molecule has 0 aliphatic heterocycles. The quantitative estimate of drug-likeness (QED) is 0.734. The Hall–Kier alpha value is -3.21. The molecule has 0 atom stereocenters. The van der Waals surface area contributed by atoms with Gasteiger partial charge in [0.05, 0.1) is 5.56 Å². The molecule has 5 heteroatoms. The van der Waals surface area contributed by atoms with Crippen molar-refractivity contribution >= 4 is 28.3 Å². The number of aryl methyl sites for hydroxylation is 1. The van der Waals surface area contributed by atoms with Crippen LogP contribution in [0.25, 0.3) is 10.8 Å². The predicted octanol–water partition coefficient (Wildman–Crippen LogP) is 3.94. The fourth-order valence-electron chi connectivity index (χ4n) is 2.76. The average molecular weight is 347 g/mol. The van der Waals surface area contributed by atoms with Gasteiger partial charge in [0, 0.05) is 23.3 Å². The molecule has 5 nitrogen and oxygen atoms in total. The van der Waals surface area contributed by atoms with Gasteiger partial charge in [-0.15, -0.1) is 0 Å². The predicted molar refractivity (Wildman–Crippen MR) is 103 cm³/mol. The fourth-order valence-corrected chi connectivity index (χ4v) is 2.76. The second-order valence-electron chi connectivity index (χ2n) is 6.09. The third-order valence-corrected chi connectivity index (χ3v) is 4.07. The number of nitrogens with zero attached hydrogens (tertiary/aromatic N) is 1. The third-order valence-electron chi connectivity index (χ3n) is 4.07. The lowest BCUT2D eigenvalue weighted by atomic mass is 10.1. The number of carbonyl (C=O) groups excluding carboxylic acids is 2. The van der Waals surface area contributed by atoms with Crippen molar-refractivity contribution in [2.75, 3.05) is 11.9 Å². The van der Waals surface area contributed by atoms with E-state index in [0.717, 1.165) is 17.2 Å². The molecule has 2 amide bonds. The van der Waals surface area contributed by atoms with Crippen LogP contribution in [0.1, 0.15) is 39.9 Å². The smallest absolute Gasteiger partial charge is 0.270 e. The molecule has 0 aliphatic rings. The van der Waals surface area contributed by atoms with E-state index in [1.165, 1.54) is 0 Å². The highest BCUT2D eigenvalue weighted by Crippen LogP contribution is 2.23. The molecule has 3 aromatic rings. The standard InChI is InChI=1S/C21H21N3O2/c1-3-13-22-21(26)19-17(12-11-14(2)23-19)20(25)24-18-10-6-8-15-7-4-5-9-16(15)18/h4-12H,3,13H2,1-2H3,(H,22,26)(H,24,25). The zero-order chi connectivity index (χ0) is 18.5. The van der Waals surface area contributed by atoms with Crippen LogP contribution in [-0.2, 0) is 0 Å². The average Bonchev–Trinajstić information content (AvgIpc) is 2.66. The zero-order valence-corrected chi connectivity index (χ0v) is 14.9. The Morgan fingerprint density at radius 2 is 1.73 bits per heavy atom. The molecule has 0 aliphatic carbocycles. The summed E-state index contributed by atoms with van der Waals surface area (Å²) in [5.74, 6) is -0.686. The molecule has 2 N–H and O–H groups in total. The highest BCUT2D eigenvalue weighted by Gasteiger charge is 2.19. The molecule has 26 heavy (non-hydrogen) atoms. The van der Waals surface area contributed by atoms with Gasteiger partial charge in [-0.2, -0.15) is 0 Å². The number of rotatable bonds is 5. The number of benzene rings is 2. The number of aromatic nitrogens is 1. The summed E-state index contributed by atoms with van der Waals surface area (Å²) in [6.45, 7) is 4.31. The molecule has 3 rings (SSSR count). The number of fused-ring (bicyclic) bond motifs is 1. The van der Waals surface area contributed by atoms with Crippen LogP contribution >= 0.6 is 0 Å². The molecule has 0 bridgehead atoms. The van der Waals surface area contributed by atoms with Crippen molar-refractivity contribution in [1.29, 1.82) is 0 Å². The Labute approximate surface area is 152 Å². The van der Waals surface area contributed by atoms with Crippen LogP contribution < -0.4 is 10.6 Å². The maximum atomic E-state index is 12.8. The minimum absolute atomic E-state index is 0.149.